The number of hydrogen-bond acceptors (Lipinski definition) is 1. The molecular weight excluding hydrogens is 191 g/mol. The monoisotopic (exact) mass is 210 g/mol. The molecule has 0 spiro atoms. The van der Waals surface area contributed by atoms with Crippen LogP contribution in [-0.4, -0.2) is 6.10 Å². The number of ether oxygens (including phenoxy) is 1. The molecule has 0 bridgehead atoms. The maximum Gasteiger partial charge on any atom is 0.130 e. The molecule has 0 fully saturated rings. The highest BCUT2D eigenvalue weighted by molar-refractivity contribution is 5.30. The molecule has 0 aromatic heterocycles. The molecule has 0 aliphatic rings. The van der Waals surface area contributed by atoms with Gasteiger partial charge in [-0.15, -0.1) is 0 Å². The summed E-state index contributed by atoms with van der Waals surface area (Å²) in [5.74, 6) is 0.653. The minimum atomic E-state index is -0.175. The van der Waals surface area contributed by atoms with Crippen molar-refractivity contribution in [1.29, 1.82) is 0 Å². The van der Waals surface area contributed by atoms with Crippen LogP contribution in [0, 0.1) is 5.82 Å². The van der Waals surface area contributed by atoms with Crippen molar-refractivity contribution in [1.82, 2.24) is 0 Å². The quantitative estimate of drug-likeness (QED) is 0.726. The Morgan fingerprint density at radius 3 is 2.40 bits per heavy atom. The summed E-state index contributed by atoms with van der Waals surface area (Å²) in [5.41, 5.74) is 0.742. The summed E-state index contributed by atoms with van der Waals surface area (Å²) in [7, 11) is 0. The molecule has 0 aliphatic carbocycles. The van der Waals surface area contributed by atoms with Crippen LogP contribution in [0.5, 0.6) is 5.75 Å². The van der Waals surface area contributed by atoms with E-state index in [1.807, 2.05) is 33.8 Å². The summed E-state index contributed by atoms with van der Waals surface area (Å²) in [6.07, 6.45) is 1.06. The fourth-order valence-electron chi connectivity index (χ4n) is 1.37. The van der Waals surface area contributed by atoms with Crippen LogP contribution in [0.15, 0.2) is 18.2 Å². The minimum absolute atomic E-state index is 0.134. The van der Waals surface area contributed by atoms with Crippen LogP contribution in [0.1, 0.15) is 45.6 Å². The van der Waals surface area contributed by atoms with Gasteiger partial charge >= 0.3 is 0 Å². The van der Waals surface area contributed by atoms with Gasteiger partial charge < -0.3 is 4.74 Å². The summed E-state index contributed by atoms with van der Waals surface area (Å²) in [4.78, 5) is 0. The second kappa shape index (κ2) is 5.15. The Balaban J connectivity index is 2.82. The third-order valence-corrected chi connectivity index (χ3v) is 2.51. The van der Waals surface area contributed by atoms with Crippen molar-refractivity contribution in [3.05, 3.63) is 29.6 Å². The van der Waals surface area contributed by atoms with Crippen molar-refractivity contribution in [2.24, 2.45) is 0 Å². The van der Waals surface area contributed by atoms with Crippen molar-refractivity contribution in [2.45, 2.75) is 46.1 Å². The van der Waals surface area contributed by atoms with Gasteiger partial charge in [0, 0.05) is 6.07 Å². The van der Waals surface area contributed by atoms with E-state index < -0.39 is 0 Å². The van der Waals surface area contributed by atoms with Crippen LogP contribution in [0.4, 0.5) is 4.39 Å². The molecule has 15 heavy (non-hydrogen) atoms. The summed E-state index contributed by atoms with van der Waals surface area (Å²) < 4.78 is 19.1. The summed E-state index contributed by atoms with van der Waals surface area (Å²) in [6.45, 7) is 7.99. The fourth-order valence-corrected chi connectivity index (χ4v) is 1.37. The van der Waals surface area contributed by atoms with Crippen LogP contribution in [0.2, 0.25) is 0 Å². The molecule has 0 unspecified atom stereocenters. The lowest BCUT2D eigenvalue weighted by Crippen LogP contribution is -2.10. The van der Waals surface area contributed by atoms with Crippen molar-refractivity contribution in [3.63, 3.8) is 0 Å². The lowest BCUT2D eigenvalue weighted by Gasteiger charge is -2.14. The lowest BCUT2D eigenvalue weighted by atomic mass is 10.0. The molecule has 0 aliphatic heterocycles. The number of halogens is 1. The van der Waals surface area contributed by atoms with Crippen molar-refractivity contribution < 1.29 is 9.13 Å². The maximum atomic E-state index is 13.6. The van der Waals surface area contributed by atoms with E-state index in [1.165, 1.54) is 6.07 Å². The molecule has 1 atom stereocenters. The normalized spacial score (nSPS) is 12.9. The summed E-state index contributed by atoms with van der Waals surface area (Å²) in [5, 5.41) is 0. The van der Waals surface area contributed by atoms with Crippen molar-refractivity contribution >= 4 is 0 Å². The van der Waals surface area contributed by atoms with Crippen molar-refractivity contribution in [3.8, 4) is 5.75 Å². The number of rotatable bonds is 4. The Morgan fingerprint density at radius 1 is 1.27 bits per heavy atom. The molecule has 0 radical (unpaired) electrons. The number of hydrogen-bond donors (Lipinski definition) is 0. The van der Waals surface area contributed by atoms with E-state index in [9.17, 15) is 4.39 Å². The molecule has 2 heteroatoms. The Labute approximate surface area is 91.3 Å². The van der Waals surface area contributed by atoms with Gasteiger partial charge in [0.2, 0.25) is 0 Å². The smallest absolute Gasteiger partial charge is 0.130 e. The van der Waals surface area contributed by atoms with E-state index in [2.05, 4.69) is 0 Å². The summed E-state index contributed by atoms with van der Waals surface area (Å²) in [6, 6.07) is 5.11. The Kier molecular flexibility index (Phi) is 4.13. The van der Waals surface area contributed by atoms with Crippen LogP contribution in [0.25, 0.3) is 0 Å². The summed E-state index contributed by atoms with van der Waals surface area (Å²) >= 11 is 0. The highest BCUT2D eigenvalue weighted by atomic mass is 19.1. The van der Waals surface area contributed by atoms with Gasteiger partial charge in [0.25, 0.3) is 0 Å². The second-order valence-corrected chi connectivity index (χ2v) is 4.17. The first-order valence-electron chi connectivity index (χ1n) is 5.50. The first-order chi connectivity index (χ1) is 7.04. The molecule has 0 saturated carbocycles. The van der Waals surface area contributed by atoms with Crippen LogP contribution in [0.3, 0.4) is 0 Å². The molecule has 1 aromatic rings. The van der Waals surface area contributed by atoms with E-state index >= 15 is 0 Å². The topological polar surface area (TPSA) is 9.23 Å². The molecule has 0 saturated heterocycles. The van der Waals surface area contributed by atoms with Crippen molar-refractivity contribution in [2.75, 3.05) is 0 Å². The van der Waals surface area contributed by atoms with Gasteiger partial charge in [-0.1, -0.05) is 26.8 Å². The third-order valence-electron chi connectivity index (χ3n) is 2.51. The zero-order valence-corrected chi connectivity index (χ0v) is 9.88. The zero-order valence-electron chi connectivity index (χ0n) is 9.88. The molecular formula is C13H19FO. The molecule has 1 nitrogen and oxygen atoms in total. The standard InChI is InChI=1S/C13H19FO/c1-5-10(4)15-11-6-7-12(9(2)3)13(14)8-11/h6-10H,5H2,1-4H3/t10-/m0/s1. The Hall–Kier alpha value is -1.05. The average molecular weight is 210 g/mol. The van der Waals surface area contributed by atoms with Gasteiger partial charge in [-0.05, 0) is 30.9 Å². The van der Waals surface area contributed by atoms with Crippen LogP contribution >= 0.6 is 0 Å². The van der Waals surface area contributed by atoms with E-state index in [4.69, 9.17) is 4.74 Å². The fraction of sp³-hybridized carbons (Fsp3) is 0.538. The first kappa shape index (κ1) is 12.0. The van der Waals surface area contributed by atoms with E-state index in [1.54, 1.807) is 6.07 Å². The molecule has 1 aromatic carbocycles. The lowest BCUT2D eigenvalue weighted by molar-refractivity contribution is 0.216. The first-order valence-corrected chi connectivity index (χ1v) is 5.50. The molecule has 0 heterocycles. The molecule has 0 amide bonds. The van der Waals surface area contributed by atoms with E-state index in [-0.39, 0.29) is 17.8 Å². The van der Waals surface area contributed by atoms with Gasteiger partial charge in [-0.25, -0.2) is 4.39 Å². The predicted octanol–water partition coefficient (Wildman–Crippen LogP) is 4.13. The zero-order chi connectivity index (χ0) is 11.4. The minimum Gasteiger partial charge on any atom is -0.491 e. The SMILES string of the molecule is CC[C@H](C)Oc1ccc(C(C)C)c(F)c1. The van der Waals surface area contributed by atoms with Gasteiger partial charge in [0.1, 0.15) is 11.6 Å². The molecule has 84 valence electrons. The van der Waals surface area contributed by atoms with E-state index in [0.29, 0.717) is 5.75 Å². The highest BCUT2D eigenvalue weighted by Gasteiger charge is 2.08. The average Bonchev–Trinajstić information content (AvgIpc) is 2.17. The van der Waals surface area contributed by atoms with E-state index in [0.717, 1.165) is 12.0 Å². The van der Waals surface area contributed by atoms with Gasteiger partial charge in [-0.2, -0.15) is 0 Å². The molecule has 1 rings (SSSR count). The Bertz CT molecular complexity index is 320. The maximum absolute atomic E-state index is 13.6. The number of benzene rings is 1. The predicted molar refractivity (Wildman–Crippen MR) is 60.9 cm³/mol. The van der Waals surface area contributed by atoms with Gasteiger partial charge in [-0.3, -0.25) is 0 Å². The highest BCUT2D eigenvalue weighted by Crippen LogP contribution is 2.23. The van der Waals surface area contributed by atoms with Crippen LogP contribution < -0.4 is 4.74 Å². The second-order valence-electron chi connectivity index (χ2n) is 4.17. The molecule has 0 N–H and O–H groups in total. The third kappa shape index (κ3) is 3.22. The van der Waals surface area contributed by atoms with Gasteiger partial charge in [0.05, 0.1) is 6.10 Å². The van der Waals surface area contributed by atoms with Crippen LogP contribution in [-0.2, 0) is 0 Å². The largest absolute Gasteiger partial charge is 0.491 e. The van der Waals surface area contributed by atoms with Gasteiger partial charge in [0.15, 0.2) is 0 Å². The Morgan fingerprint density at radius 2 is 1.93 bits per heavy atom.